The molecule has 6 heteroatoms. The third-order valence-electron chi connectivity index (χ3n) is 3.91. The van der Waals surface area contributed by atoms with Crippen molar-refractivity contribution in [2.75, 3.05) is 25.1 Å². The molecule has 2 rings (SSSR count). The van der Waals surface area contributed by atoms with Gasteiger partial charge in [-0.25, -0.2) is 0 Å². The number of nitriles is 1. The van der Waals surface area contributed by atoms with Crippen LogP contribution in [0.4, 0.5) is 5.69 Å². The zero-order chi connectivity index (χ0) is 18.9. The van der Waals surface area contributed by atoms with Crippen molar-refractivity contribution in [3.05, 3.63) is 59.7 Å². The van der Waals surface area contributed by atoms with Gasteiger partial charge in [0.2, 0.25) is 11.8 Å². The van der Waals surface area contributed by atoms with Crippen molar-refractivity contribution in [2.45, 2.75) is 13.3 Å². The third kappa shape index (κ3) is 4.84. The number of benzene rings is 2. The van der Waals surface area contributed by atoms with Gasteiger partial charge >= 0.3 is 0 Å². The fraction of sp³-hybridized carbons (Fsp3) is 0.250. The molecule has 2 amide bonds. The second-order valence-corrected chi connectivity index (χ2v) is 5.65. The predicted octanol–water partition coefficient (Wildman–Crippen LogP) is 2.28. The smallest absolute Gasteiger partial charge is 0.240 e. The molecule has 134 valence electrons. The van der Waals surface area contributed by atoms with Gasteiger partial charge in [-0.1, -0.05) is 30.3 Å². The van der Waals surface area contributed by atoms with Crippen LogP contribution in [0.2, 0.25) is 0 Å². The standard InChI is InChI=1S/C20H21N3O3/c1-15(24)23(18-9-5-3-8-17(18)13-21)14-20(25)22-12-11-16-7-4-6-10-19(16)26-2/h3-10H,11-12,14H2,1-2H3,(H,22,25). The van der Waals surface area contributed by atoms with E-state index < -0.39 is 0 Å². The van der Waals surface area contributed by atoms with Crippen LogP contribution in [0.1, 0.15) is 18.1 Å². The lowest BCUT2D eigenvalue weighted by Crippen LogP contribution is -2.40. The second kappa shape index (κ2) is 9.23. The average molecular weight is 351 g/mol. The molecule has 2 aromatic carbocycles. The Hall–Kier alpha value is -3.33. The Morgan fingerprint density at radius 3 is 2.54 bits per heavy atom. The summed E-state index contributed by atoms with van der Waals surface area (Å²) in [6, 6.07) is 16.4. The van der Waals surface area contributed by atoms with Crippen LogP contribution in [0.15, 0.2) is 48.5 Å². The topological polar surface area (TPSA) is 82.4 Å². The van der Waals surface area contributed by atoms with E-state index in [2.05, 4.69) is 5.32 Å². The van der Waals surface area contributed by atoms with E-state index in [1.54, 1.807) is 31.4 Å². The van der Waals surface area contributed by atoms with Gasteiger partial charge in [0.25, 0.3) is 0 Å². The minimum absolute atomic E-state index is 0.139. The zero-order valence-corrected chi connectivity index (χ0v) is 14.9. The highest BCUT2D eigenvalue weighted by atomic mass is 16.5. The molecule has 0 aliphatic rings. The fourth-order valence-corrected chi connectivity index (χ4v) is 2.62. The molecule has 6 nitrogen and oxygen atoms in total. The number of methoxy groups -OCH3 is 1. The molecular weight excluding hydrogens is 330 g/mol. The Balaban J connectivity index is 1.98. The number of anilines is 1. The van der Waals surface area contributed by atoms with Crippen molar-refractivity contribution in [1.29, 1.82) is 5.26 Å². The van der Waals surface area contributed by atoms with E-state index in [9.17, 15) is 14.9 Å². The maximum atomic E-state index is 12.3. The number of hydrogen-bond donors (Lipinski definition) is 1. The van der Waals surface area contributed by atoms with E-state index in [1.807, 2.05) is 30.3 Å². The van der Waals surface area contributed by atoms with E-state index in [0.717, 1.165) is 11.3 Å². The Morgan fingerprint density at radius 1 is 1.15 bits per heavy atom. The number of amides is 2. The number of nitrogens with zero attached hydrogens (tertiary/aromatic N) is 2. The molecule has 2 aromatic rings. The first-order valence-electron chi connectivity index (χ1n) is 8.22. The zero-order valence-electron chi connectivity index (χ0n) is 14.9. The summed E-state index contributed by atoms with van der Waals surface area (Å²) in [5.74, 6) is 0.186. The number of ether oxygens (including phenoxy) is 1. The Kier molecular flexibility index (Phi) is 6.75. The number of carbonyl (C=O) groups excluding carboxylic acids is 2. The van der Waals surface area contributed by atoms with Crippen molar-refractivity contribution in [3.63, 3.8) is 0 Å². The maximum absolute atomic E-state index is 12.3. The van der Waals surface area contributed by atoms with Gasteiger partial charge in [-0.3, -0.25) is 9.59 Å². The van der Waals surface area contributed by atoms with Crippen molar-refractivity contribution in [3.8, 4) is 11.8 Å². The first-order valence-corrected chi connectivity index (χ1v) is 8.22. The minimum atomic E-state index is -0.299. The normalized spacial score (nSPS) is 9.88. The van der Waals surface area contributed by atoms with Gasteiger partial charge in [0.1, 0.15) is 18.4 Å². The van der Waals surface area contributed by atoms with Crippen molar-refractivity contribution in [2.24, 2.45) is 0 Å². The van der Waals surface area contributed by atoms with Gasteiger partial charge in [-0.2, -0.15) is 5.26 Å². The molecule has 0 radical (unpaired) electrons. The largest absolute Gasteiger partial charge is 0.496 e. The van der Waals surface area contributed by atoms with Gasteiger partial charge < -0.3 is 15.0 Å². The highest BCUT2D eigenvalue weighted by Crippen LogP contribution is 2.20. The highest BCUT2D eigenvalue weighted by Gasteiger charge is 2.18. The van der Waals surface area contributed by atoms with E-state index >= 15 is 0 Å². The predicted molar refractivity (Wildman–Crippen MR) is 98.9 cm³/mol. The molecule has 0 unspecified atom stereocenters. The Labute approximate surface area is 153 Å². The molecule has 0 bridgehead atoms. The number of carbonyl (C=O) groups is 2. The van der Waals surface area contributed by atoms with Crippen molar-refractivity contribution in [1.82, 2.24) is 5.32 Å². The lowest BCUT2D eigenvalue weighted by molar-refractivity contribution is -0.123. The number of nitrogens with one attached hydrogen (secondary N) is 1. The highest BCUT2D eigenvalue weighted by molar-refractivity contribution is 5.98. The second-order valence-electron chi connectivity index (χ2n) is 5.65. The summed E-state index contributed by atoms with van der Waals surface area (Å²) in [6.07, 6.45) is 0.616. The van der Waals surface area contributed by atoms with E-state index in [4.69, 9.17) is 4.74 Å². The lowest BCUT2D eigenvalue weighted by atomic mass is 10.1. The Morgan fingerprint density at radius 2 is 1.85 bits per heavy atom. The minimum Gasteiger partial charge on any atom is -0.496 e. The first kappa shape index (κ1) is 19.0. The number of rotatable bonds is 7. The van der Waals surface area contributed by atoms with Gasteiger partial charge in [0.05, 0.1) is 18.4 Å². The van der Waals surface area contributed by atoms with Crippen LogP contribution in [0.25, 0.3) is 0 Å². The molecule has 1 N–H and O–H groups in total. The quantitative estimate of drug-likeness (QED) is 0.830. The number of hydrogen-bond acceptors (Lipinski definition) is 4. The molecular formula is C20H21N3O3. The summed E-state index contributed by atoms with van der Waals surface area (Å²) in [7, 11) is 1.61. The molecule has 0 aliphatic carbocycles. The van der Waals surface area contributed by atoms with Crippen molar-refractivity contribution >= 4 is 17.5 Å². The first-order chi connectivity index (χ1) is 12.6. The molecule has 0 aliphatic heterocycles. The molecule has 0 atom stereocenters. The van der Waals surface area contributed by atoms with E-state index in [0.29, 0.717) is 24.2 Å². The monoisotopic (exact) mass is 351 g/mol. The van der Waals surface area contributed by atoms with Crippen LogP contribution in [-0.4, -0.2) is 32.0 Å². The van der Waals surface area contributed by atoms with Gasteiger partial charge in [-0.05, 0) is 30.2 Å². The lowest BCUT2D eigenvalue weighted by Gasteiger charge is -2.21. The summed E-state index contributed by atoms with van der Waals surface area (Å²) >= 11 is 0. The summed E-state index contributed by atoms with van der Waals surface area (Å²) in [5, 5.41) is 12.0. The molecule has 0 heterocycles. The van der Waals surface area contributed by atoms with Crippen LogP contribution in [0.3, 0.4) is 0 Å². The molecule has 0 fully saturated rings. The average Bonchev–Trinajstić information content (AvgIpc) is 2.66. The molecule has 0 spiro atoms. The van der Waals surface area contributed by atoms with Crippen molar-refractivity contribution < 1.29 is 14.3 Å². The van der Waals surface area contributed by atoms with Gasteiger partial charge in [-0.15, -0.1) is 0 Å². The van der Waals surface area contributed by atoms with Crippen LogP contribution < -0.4 is 15.0 Å². The third-order valence-corrected chi connectivity index (χ3v) is 3.91. The van der Waals surface area contributed by atoms with Crippen LogP contribution in [-0.2, 0) is 16.0 Å². The molecule has 0 saturated heterocycles. The maximum Gasteiger partial charge on any atom is 0.240 e. The van der Waals surface area contributed by atoms with Crippen LogP contribution in [0, 0.1) is 11.3 Å². The van der Waals surface area contributed by atoms with Crippen LogP contribution in [0.5, 0.6) is 5.75 Å². The Bertz CT molecular complexity index is 827. The van der Waals surface area contributed by atoms with Gasteiger partial charge in [0.15, 0.2) is 0 Å². The van der Waals surface area contributed by atoms with E-state index in [1.165, 1.54) is 11.8 Å². The molecule has 0 aromatic heterocycles. The summed E-state index contributed by atoms with van der Waals surface area (Å²) in [6.45, 7) is 1.65. The van der Waals surface area contributed by atoms with Gasteiger partial charge in [0, 0.05) is 13.5 Å². The fourth-order valence-electron chi connectivity index (χ4n) is 2.62. The number of para-hydroxylation sites is 2. The summed E-state index contributed by atoms with van der Waals surface area (Å²) in [5.41, 5.74) is 1.78. The summed E-state index contributed by atoms with van der Waals surface area (Å²) in [4.78, 5) is 25.5. The molecule has 26 heavy (non-hydrogen) atoms. The summed E-state index contributed by atoms with van der Waals surface area (Å²) < 4.78 is 5.29. The van der Waals surface area contributed by atoms with Crippen LogP contribution >= 0.6 is 0 Å². The van der Waals surface area contributed by atoms with E-state index in [-0.39, 0.29) is 18.4 Å². The SMILES string of the molecule is COc1ccccc1CCNC(=O)CN(C(C)=O)c1ccccc1C#N. The molecule has 0 saturated carbocycles.